The van der Waals surface area contributed by atoms with Crippen molar-refractivity contribution >= 4 is 35.0 Å². The second kappa shape index (κ2) is 16.7. The van der Waals surface area contributed by atoms with Gasteiger partial charge in [0.15, 0.2) is 0 Å². The fraction of sp³-hybridized carbons (Fsp3) is 0.488. The monoisotopic (exact) mass is 776 g/mol. The third-order valence-electron chi connectivity index (χ3n) is 11.5. The molecule has 4 aromatic rings. The zero-order valence-corrected chi connectivity index (χ0v) is 33.4. The molecule has 1 saturated carbocycles. The molecule has 2 aromatic heterocycles. The smallest absolute Gasteiger partial charge is 0.407 e. The van der Waals surface area contributed by atoms with Crippen LogP contribution < -0.4 is 10.6 Å². The van der Waals surface area contributed by atoms with Crippen LogP contribution in [0.15, 0.2) is 48.7 Å². The van der Waals surface area contributed by atoms with Crippen molar-refractivity contribution in [2.75, 3.05) is 27.3 Å². The number of nitrogens with zero attached hydrogens (tertiary/aromatic N) is 4. The van der Waals surface area contributed by atoms with Gasteiger partial charge >= 0.3 is 12.2 Å². The lowest BCUT2D eigenvalue weighted by Crippen LogP contribution is -2.51. The van der Waals surface area contributed by atoms with Crippen LogP contribution in [-0.2, 0) is 19.1 Å². The van der Waals surface area contributed by atoms with E-state index < -0.39 is 24.3 Å². The second-order valence-electron chi connectivity index (χ2n) is 16.1. The Kier molecular flexibility index (Phi) is 11.6. The number of hydrogen-bond acceptors (Lipinski definition) is 8. The fourth-order valence-corrected chi connectivity index (χ4v) is 8.15. The standard InChI is InChI=1S/C43H52N8O6/c1-24(2)36(48-42(54)56-5)40(52)50-19-7-8-34(50)38-44-22-33(47-38)29-14-11-26(12-15-29)9-10-27-13-18-31-32(20-27)46-39(45-31)35-21-30(28-16-17-28)23-51(35)41(53)37(25(3)4)49-43(55)57-6/h11-15,18,20,22,24-25,28,30,34-37H,7-8,16-17,19,21,23H2,1-6H3,(H,44,47)(H,45,46)(H,48,54)(H,49,55)/t30-,34+,35+,36+,37+/m1/s1. The summed E-state index contributed by atoms with van der Waals surface area (Å²) in [7, 11) is 2.59. The van der Waals surface area contributed by atoms with Crippen LogP contribution in [-0.4, -0.2) is 93.1 Å². The van der Waals surface area contributed by atoms with Gasteiger partial charge in [0.1, 0.15) is 23.7 Å². The molecule has 5 atom stereocenters. The number of aromatic amines is 2. The van der Waals surface area contributed by atoms with Crippen molar-refractivity contribution in [2.45, 2.75) is 84.0 Å². The molecule has 57 heavy (non-hydrogen) atoms. The normalized spacial score (nSPS) is 20.3. The van der Waals surface area contributed by atoms with Crippen molar-refractivity contribution in [3.05, 3.63) is 71.4 Å². The Labute approximate surface area is 332 Å². The Bertz CT molecular complexity index is 2180. The minimum atomic E-state index is -0.697. The number of rotatable bonds is 10. The summed E-state index contributed by atoms with van der Waals surface area (Å²) in [6.45, 7) is 8.87. The molecule has 1 aliphatic carbocycles. The molecule has 300 valence electrons. The Hall–Kier alpha value is -5.84. The van der Waals surface area contributed by atoms with E-state index in [0.717, 1.165) is 58.5 Å². The zero-order valence-electron chi connectivity index (χ0n) is 33.4. The molecule has 3 aliphatic rings. The largest absolute Gasteiger partial charge is 0.453 e. The highest BCUT2D eigenvalue weighted by molar-refractivity contribution is 5.87. The van der Waals surface area contributed by atoms with E-state index in [0.29, 0.717) is 30.7 Å². The fourth-order valence-electron chi connectivity index (χ4n) is 8.15. The summed E-state index contributed by atoms with van der Waals surface area (Å²) in [6, 6.07) is 12.0. The molecule has 0 spiro atoms. The molecule has 2 aromatic carbocycles. The van der Waals surface area contributed by atoms with E-state index in [1.807, 2.05) is 75.1 Å². The molecule has 2 aliphatic heterocycles. The van der Waals surface area contributed by atoms with Gasteiger partial charge in [-0.3, -0.25) is 9.59 Å². The molecule has 0 unspecified atom stereocenters. The maximum absolute atomic E-state index is 13.9. The average molecular weight is 777 g/mol. The van der Waals surface area contributed by atoms with Gasteiger partial charge in [0, 0.05) is 24.2 Å². The van der Waals surface area contributed by atoms with Gasteiger partial charge in [-0.05, 0) is 91.7 Å². The number of aromatic nitrogens is 4. The summed E-state index contributed by atoms with van der Waals surface area (Å²) >= 11 is 0. The molecule has 14 nitrogen and oxygen atoms in total. The van der Waals surface area contributed by atoms with Gasteiger partial charge in [-0.2, -0.15) is 0 Å². The summed E-state index contributed by atoms with van der Waals surface area (Å²) in [6.07, 6.45) is 5.35. The van der Waals surface area contributed by atoms with Gasteiger partial charge in [-0.1, -0.05) is 51.7 Å². The first-order valence-corrected chi connectivity index (χ1v) is 19.9. The van der Waals surface area contributed by atoms with E-state index in [2.05, 4.69) is 37.4 Å². The van der Waals surface area contributed by atoms with Crippen LogP contribution in [0.4, 0.5) is 9.59 Å². The van der Waals surface area contributed by atoms with Gasteiger partial charge in [0.05, 0.1) is 49.2 Å². The number of alkyl carbamates (subject to hydrolysis) is 2. The third-order valence-corrected chi connectivity index (χ3v) is 11.5. The number of imidazole rings is 2. The minimum Gasteiger partial charge on any atom is -0.453 e. The third kappa shape index (κ3) is 8.62. The first kappa shape index (κ1) is 39.4. The number of benzene rings is 2. The first-order chi connectivity index (χ1) is 27.4. The number of carbonyl (C=O) groups excluding carboxylic acids is 4. The Morgan fingerprint density at radius 1 is 0.772 bits per heavy atom. The molecular formula is C43H52N8O6. The Morgan fingerprint density at radius 2 is 1.40 bits per heavy atom. The second-order valence-corrected chi connectivity index (χ2v) is 16.1. The van der Waals surface area contributed by atoms with E-state index in [1.165, 1.54) is 27.1 Å². The number of hydrogen-bond donors (Lipinski definition) is 4. The summed E-state index contributed by atoms with van der Waals surface area (Å²) in [4.78, 5) is 71.7. The highest BCUT2D eigenvalue weighted by Crippen LogP contribution is 2.47. The van der Waals surface area contributed by atoms with Crippen LogP contribution in [0.2, 0.25) is 0 Å². The van der Waals surface area contributed by atoms with Gasteiger partial charge in [-0.15, -0.1) is 0 Å². The van der Waals surface area contributed by atoms with Crippen LogP contribution in [0.5, 0.6) is 0 Å². The molecule has 7 rings (SSSR count). The SMILES string of the molecule is COC(=O)N[C@H](C(=O)N1CCC[C@H]1c1ncc(-c2ccc(C#Cc3ccc4nc([C@@H]5C[C@@H](C6CC6)CN5C(=O)[C@@H](NC(=O)OC)C(C)C)[nH]c4c3)cc2)[nH]1)C(C)C. The molecule has 2 saturated heterocycles. The van der Waals surface area contributed by atoms with Crippen molar-refractivity contribution in [1.82, 2.24) is 40.4 Å². The number of H-pyrrole nitrogens is 2. The Balaban J connectivity index is 1.03. The lowest BCUT2D eigenvalue weighted by atomic mass is 10.0. The Morgan fingerprint density at radius 3 is 2.04 bits per heavy atom. The summed E-state index contributed by atoms with van der Waals surface area (Å²) in [5.74, 6) is 8.54. The predicted octanol–water partition coefficient (Wildman–Crippen LogP) is 6.08. The molecule has 0 bridgehead atoms. The van der Waals surface area contributed by atoms with Gasteiger partial charge < -0.3 is 39.9 Å². The van der Waals surface area contributed by atoms with Crippen molar-refractivity contribution in [3.63, 3.8) is 0 Å². The van der Waals surface area contributed by atoms with Crippen LogP contribution in [0, 0.1) is 35.5 Å². The molecule has 4 N–H and O–H groups in total. The minimum absolute atomic E-state index is 0.109. The van der Waals surface area contributed by atoms with Crippen LogP contribution >= 0.6 is 0 Å². The number of carbonyl (C=O) groups is 4. The topological polar surface area (TPSA) is 175 Å². The number of likely N-dealkylation sites (tertiary alicyclic amines) is 2. The summed E-state index contributed by atoms with van der Waals surface area (Å²) in [5.41, 5.74) is 5.10. The number of nitrogens with one attached hydrogen (secondary N) is 4. The first-order valence-electron chi connectivity index (χ1n) is 19.9. The lowest BCUT2D eigenvalue weighted by molar-refractivity contribution is -0.136. The van der Waals surface area contributed by atoms with Crippen molar-refractivity contribution in [3.8, 4) is 23.1 Å². The number of fused-ring (bicyclic) bond motifs is 1. The van der Waals surface area contributed by atoms with E-state index in [4.69, 9.17) is 14.5 Å². The van der Waals surface area contributed by atoms with Crippen LogP contribution in [0.25, 0.3) is 22.3 Å². The van der Waals surface area contributed by atoms with Gasteiger partial charge in [0.25, 0.3) is 0 Å². The van der Waals surface area contributed by atoms with E-state index in [9.17, 15) is 19.2 Å². The molecule has 3 fully saturated rings. The number of amides is 4. The number of methoxy groups -OCH3 is 2. The van der Waals surface area contributed by atoms with Gasteiger partial charge in [-0.25, -0.2) is 19.6 Å². The van der Waals surface area contributed by atoms with E-state index >= 15 is 0 Å². The average Bonchev–Trinajstić information content (AvgIpc) is 3.59. The van der Waals surface area contributed by atoms with Crippen molar-refractivity contribution in [2.24, 2.45) is 23.7 Å². The maximum atomic E-state index is 13.9. The summed E-state index contributed by atoms with van der Waals surface area (Å²) in [5, 5.41) is 5.44. The highest BCUT2D eigenvalue weighted by Gasteiger charge is 2.46. The molecule has 4 amide bonds. The van der Waals surface area contributed by atoms with Crippen LogP contribution in [0.3, 0.4) is 0 Å². The molecule has 0 radical (unpaired) electrons. The van der Waals surface area contributed by atoms with E-state index in [1.54, 1.807) is 11.1 Å². The van der Waals surface area contributed by atoms with E-state index in [-0.39, 0.29) is 35.7 Å². The lowest BCUT2D eigenvalue weighted by Gasteiger charge is -2.30. The predicted molar refractivity (Wildman–Crippen MR) is 213 cm³/mol. The van der Waals surface area contributed by atoms with Crippen molar-refractivity contribution in [1.29, 1.82) is 0 Å². The molecule has 4 heterocycles. The molecular weight excluding hydrogens is 725 g/mol. The van der Waals surface area contributed by atoms with Crippen LogP contribution in [0.1, 0.15) is 94.7 Å². The quantitative estimate of drug-likeness (QED) is 0.140. The summed E-state index contributed by atoms with van der Waals surface area (Å²) < 4.78 is 9.57. The van der Waals surface area contributed by atoms with Gasteiger partial charge in [0.2, 0.25) is 11.8 Å². The maximum Gasteiger partial charge on any atom is 0.407 e. The molecule has 14 heteroatoms. The van der Waals surface area contributed by atoms with Crippen molar-refractivity contribution < 1.29 is 28.7 Å². The number of ether oxygens (including phenoxy) is 2. The highest BCUT2D eigenvalue weighted by atomic mass is 16.5. The zero-order chi connectivity index (χ0) is 40.4.